The molecule has 2 aromatic heterocycles. The Bertz CT molecular complexity index is 848. The number of aromatic amines is 1. The standard InChI is InChI=1S/C17H22N6O/c1-11(2)8-15-19-17(22-21-15)20-16(24)7-5-12-4-6-14-13(9-12)18-10-23(14)3/h4,6,9-11H,5,7-8H2,1-3H3,(H2,19,20,21,22,24). The highest BCUT2D eigenvalue weighted by atomic mass is 16.1. The van der Waals surface area contributed by atoms with Gasteiger partial charge in [0.25, 0.3) is 0 Å². The van der Waals surface area contributed by atoms with E-state index in [4.69, 9.17) is 0 Å². The maximum atomic E-state index is 12.1. The van der Waals surface area contributed by atoms with Crippen molar-refractivity contribution in [1.29, 1.82) is 0 Å². The van der Waals surface area contributed by atoms with Gasteiger partial charge in [0.2, 0.25) is 11.9 Å². The monoisotopic (exact) mass is 326 g/mol. The number of anilines is 1. The topological polar surface area (TPSA) is 88.5 Å². The highest BCUT2D eigenvalue weighted by Gasteiger charge is 2.09. The number of aromatic nitrogens is 5. The van der Waals surface area contributed by atoms with Gasteiger partial charge >= 0.3 is 0 Å². The van der Waals surface area contributed by atoms with Crippen molar-refractivity contribution in [2.75, 3.05) is 5.32 Å². The van der Waals surface area contributed by atoms with Gasteiger partial charge in [0.1, 0.15) is 5.82 Å². The minimum absolute atomic E-state index is 0.0915. The van der Waals surface area contributed by atoms with Crippen molar-refractivity contribution in [3.05, 3.63) is 35.9 Å². The van der Waals surface area contributed by atoms with Gasteiger partial charge in [-0.25, -0.2) is 4.98 Å². The first-order chi connectivity index (χ1) is 11.5. The van der Waals surface area contributed by atoms with Crippen LogP contribution in [-0.4, -0.2) is 30.6 Å². The third kappa shape index (κ3) is 3.79. The molecule has 0 aliphatic carbocycles. The molecule has 126 valence electrons. The highest BCUT2D eigenvalue weighted by molar-refractivity contribution is 5.89. The van der Waals surface area contributed by atoms with Crippen LogP contribution in [0.1, 0.15) is 31.7 Å². The number of hydrogen-bond donors (Lipinski definition) is 2. The summed E-state index contributed by atoms with van der Waals surface area (Å²) in [6, 6.07) is 6.09. The van der Waals surface area contributed by atoms with Gasteiger partial charge in [-0.05, 0) is 30.0 Å². The molecular weight excluding hydrogens is 304 g/mol. The molecule has 1 amide bonds. The van der Waals surface area contributed by atoms with Crippen LogP contribution in [0.4, 0.5) is 5.95 Å². The maximum absolute atomic E-state index is 12.1. The van der Waals surface area contributed by atoms with Crippen molar-refractivity contribution in [3.8, 4) is 0 Å². The van der Waals surface area contributed by atoms with Crippen molar-refractivity contribution in [2.45, 2.75) is 33.1 Å². The molecule has 0 atom stereocenters. The second-order valence-corrected chi connectivity index (χ2v) is 6.43. The van der Waals surface area contributed by atoms with Crippen LogP contribution >= 0.6 is 0 Å². The summed E-state index contributed by atoms with van der Waals surface area (Å²) in [5, 5.41) is 9.61. The van der Waals surface area contributed by atoms with E-state index >= 15 is 0 Å². The van der Waals surface area contributed by atoms with Gasteiger partial charge in [-0.15, -0.1) is 5.10 Å². The van der Waals surface area contributed by atoms with Crippen LogP contribution in [0.5, 0.6) is 0 Å². The Balaban J connectivity index is 1.55. The quantitative estimate of drug-likeness (QED) is 0.728. The van der Waals surface area contributed by atoms with Gasteiger partial charge in [0.05, 0.1) is 17.4 Å². The molecular formula is C17H22N6O. The fourth-order valence-electron chi connectivity index (χ4n) is 2.61. The summed E-state index contributed by atoms with van der Waals surface area (Å²) in [5.41, 5.74) is 3.12. The van der Waals surface area contributed by atoms with Gasteiger partial charge in [0.15, 0.2) is 0 Å². The number of imidazole rings is 1. The highest BCUT2D eigenvalue weighted by Crippen LogP contribution is 2.15. The van der Waals surface area contributed by atoms with Gasteiger partial charge in [-0.2, -0.15) is 4.98 Å². The van der Waals surface area contributed by atoms with Crippen molar-refractivity contribution in [3.63, 3.8) is 0 Å². The number of benzene rings is 1. The number of nitrogens with zero attached hydrogens (tertiary/aromatic N) is 4. The number of hydrogen-bond acceptors (Lipinski definition) is 4. The first kappa shape index (κ1) is 16.2. The zero-order valence-electron chi connectivity index (χ0n) is 14.2. The summed E-state index contributed by atoms with van der Waals surface area (Å²) < 4.78 is 1.98. The minimum atomic E-state index is -0.0915. The van der Waals surface area contributed by atoms with E-state index in [1.54, 1.807) is 6.33 Å². The second-order valence-electron chi connectivity index (χ2n) is 6.43. The summed E-state index contributed by atoms with van der Waals surface area (Å²) in [6.45, 7) is 4.22. The number of fused-ring (bicyclic) bond motifs is 1. The van der Waals surface area contributed by atoms with Crippen molar-refractivity contribution >= 4 is 22.9 Å². The van der Waals surface area contributed by atoms with Crippen LogP contribution in [0.25, 0.3) is 11.0 Å². The number of H-pyrrole nitrogens is 1. The Kier molecular flexibility index (Phi) is 4.59. The van der Waals surface area contributed by atoms with Gasteiger partial charge in [0, 0.05) is 19.9 Å². The fraction of sp³-hybridized carbons (Fsp3) is 0.412. The van der Waals surface area contributed by atoms with Crippen LogP contribution < -0.4 is 5.32 Å². The Morgan fingerprint density at radius 1 is 1.38 bits per heavy atom. The van der Waals surface area contributed by atoms with E-state index < -0.39 is 0 Å². The molecule has 1 aromatic carbocycles. The molecule has 2 N–H and O–H groups in total. The number of carbonyl (C=O) groups is 1. The zero-order valence-corrected chi connectivity index (χ0v) is 14.2. The third-order valence-electron chi connectivity index (χ3n) is 3.82. The second kappa shape index (κ2) is 6.82. The van der Waals surface area contributed by atoms with Crippen LogP contribution in [0.2, 0.25) is 0 Å². The molecule has 3 aromatic rings. The van der Waals surface area contributed by atoms with E-state index in [0.717, 1.165) is 28.8 Å². The molecule has 0 fully saturated rings. The molecule has 0 aliphatic rings. The van der Waals surface area contributed by atoms with E-state index in [1.165, 1.54) is 0 Å². The lowest BCUT2D eigenvalue weighted by Gasteiger charge is -2.03. The maximum Gasteiger partial charge on any atom is 0.248 e. The number of rotatable bonds is 6. The van der Waals surface area contributed by atoms with Crippen LogP contribution in [0, 0.1) is 5.92 Å². The van der Waals surface area contributed by atoms with Crippen LogP contribution in [0.3, 0.4) is 0 Å². The van der Waals surface area contributed by atoms with E-state index in [9.17, 15) is 4.79 Å². The molecule has 0 bridgehead atoms. The Labute approximate surface area is 140 Å². The third-order valence-corrected chi connectivity index (χ3v) is 3.82. The summed E-state index contributed by atoms with van der Waals surface area (Å²) in [7, 11) is 1.97. The van der Waals surface area contributed by atoms with Crippen LogP contribution in [0.15, 0.2) is 24.5 Å². The molecule has 0 radical (unpaired) electrons. The number of nitrogens with one attached hydrogen (secondary N) is 2. The molecule has 24 heavy (non-hydrogen) atoms. The molecule has 0 saturated heterocycles. The smallest absolute Gasteiger partial charge is 0.248 e. The first-order valence-electron chi connectivity index (χ1n) is 8.12. The fourth-order valence-corrected chi connectivity index (χ4v) is 2.61. The van der Waals surface area contributed by atoms with E-state index in [2.05, 4.69) is 39.3 Å². The predicted octanol–water partition coefficient (Wildman–Crippen LogP) is 2.46. The summed E-state index contributed by atoms with van der Waals surface area (Å²) in [5.74, 6) is 1.53. The summed E-state index contributed by atoms with van der Waals surface area (Å²) in [6.07, 6.45) is 3.64. The largest absolute Gasteiger partial charge is 0.334 e. The molecule has 2 heterocycles. The first-order valence-corrected chi connectivity index (χ1v) is 8.12. The molecule has 3 rings (SSSR count). The Morgan fingerprint density at radius 2 is 2.21 bits per heavy atom. The number of amides is 1. The normalized spacial score (nSPS) is 11.3. The number of carbonyl (C=O) groups excluding carboxylic acids is 1. The molecule has 7 nitrogen and oxygen atoms in total. The summed E-state index contributed by atoms with van der Waals surface area (Å²) >= 11 is 0. The van der Waals surface area contributed by atoms with Crippen LogP contribution in [-0.2, 0) is 24.7 Å². The molecule has 0 aliphatic heterocycles. The minimum Gasteiger partial charge on any atom is -0.334 e. The van der Waals surface area contributed by atoms with E-state index in [-0.39, 0.29) is 5.91 Å². The van der Waals surface area contributed by atoms with Crippen molar-refractivity contribution in [2.24, 2.45) is 13.0 Å². The number of aryl methyl sites for hydroxylation is 2. The lowest BCUT2D eigenvalue weighted by atomic mass is 10.1. The van der Waals surface area contributed by atoms with Crippen molar-refractivity contribution in [1.82, 2.24) is 24.7 Å². The zero-order chi connectivity index (χ0) is 17.1. The molecule has 0 saturated carbocycles. The van der Waals surface area contributed by atoms with Gasteiger partial charge in [-0.3, -0.25) is 15.2 Å². The molecule has 0 spiro atoms. The van der Waals surface area contributed by atoms with Crippen molar-refractivity contribution < 1.29 is 4.79 Å². The Morgan fingerprint density at radius 3 is 3.00 bits per heavy atom. The van der Waals surface area contributed by atoms with Gasteiger partial charge in [-0.1, -0.05) is 19.9 Å². The summed E-state index contributed by atoms with van der Waals surface area (Å²) in [4.78, 5) is 20.7. The predicted molar refractivity (Wildman–Crippen MR) is 92.6 cm³/mol. The van der Waals surface area contributed by atoms with E-state index in [0.29, 0.717) is 24.7 Å². The molecule has 7 heteroatoms. The average Bonchev–Trinajstić information content (AvgIpc) is 3.11. The Hall–Kier alpha value is -2.70. The average molecular weight is 326 g/mol. The van der Waals surface area contributed by atoms with Gasteiger partial charge < -0.3 is 4.57 Å². The SMILES string of the molecule is CC(C)Cc1nc(NC(=O)CCc2ccc3c(c2)ncn3C)n[nH]1. The molecule has 0 unspecified atom stereocenters. The lowest BCUT2D eigenvalue weighted by Crippen LogP contribution is -2.13. The van der Waals surface area contributed by atoms with E-state index in [1.807, 2.05) is 29.8 Å². The lowest BCUT2D eigenvalue weighted by molar-refractivity contribution is -0.116.